The van der Waals surface area contributed by atoms with Crippen LogP contribution in [0.5, 0.6) is 0 Å². The molecular weight excluding hydrogens is 360 g/mol. The van der Waals surface area contributed by atoms with E-state index in [2.05, 4.69) is 27.9 Å². The molecule has 0 saturated carbocycles. The van der Waals surface area contributed by atoms with Crippen molar-refractivity contribution in [3.63, 3.8) is 0 Å². The summed E-state index contributed by atoms with van der Waals surface area (Å²) in [4.78, 5) is 12.4. The third kappa shape index (κ3) is 4.56. The monoisotopic (exact) mass is 382 g/mol. The van der Waals surface area contributed by atoms with E-state index in [0.29, 0.717) is 6.54 Å². The number of amides is 1. The van der Waals surface area contributed by atoms with Gasteiger partial charge in [-0.15, -0.1) is 12.4 Å². The molecule has 4 rings (SSSR count). The van der Waals surface area contributed by atoms with Gasteiger partial charge in [0.2, 0.25) is 5.91 Å². The highest BCUT2D eigenvalue weighted by Gasteiger charge is 2.23. The van der Waals surface area contributed by atoms with E-state index in [1.165, 1.54) is 11.1 Å². The van der Waals surface area contributed by atoms with Crippen LogP contribution in [0.25, 0.3) is 5.69 Å². The second kappa shape index (κ2) is 8.84. The molecule has 2 heterocycles. The van der Waals surface area contributed by atoms with Gasteiger partial charge >= 0.3 is 0 Å². The SMILES string of the molecule is Cl.O=C(NCCc1cnn(-c2ccccc2)c1)[C@H]1Cc2ccccc2CN1. The molecule has 27 heavy (non-hydrogen) atoms. The molecule has 0 spiro atoms. The van der Waals surface area contributed by atoms with Crippen LogP contribution in [0.15, 0.2) is 67.0 Å². The number of fused-ring (bicyclic) bond motifs is 1. The molecule has 1 amide bonds. The summed E-state index contributed by atoms with van der Waals surface area (Å²) >= 11 is 0. The largest absolute Gasteiger partial charge is 0.354 e. The van der Waals surface area contributed by atoms with Crippen LogP contribution in [-0.2, 0) is 24.2 Å². The predicted octanol–water partition coefficient (Wildman–Crippen LogP) is 2.67. The van der Waals surface area contributed by atoms with Gasteiger partial charge in [0.05, 0.1) is 17.9 Å². The standard InChI is InChI=1S/C21H22N4O.ClH/c26-21(20-12-17-6-4-5-7-18(17)14-23-20)22-11-10-16-13-24-25(15-16)19-8-2-1-3-9-19;/h1-9,13,15,20,23H,10-12,14H2,(H,22,26);1H/t20-;/m1./s1. The topological polar surface area (TPSA) is 59.0 Å². The lowest BCUT2D eigenvalue weighted by molar-refractivity contribution is -0.123. The molecule has 0 aliphatic carbocycles. The van der Waals surface area contributed by atoms with Crippen LogP contribution in [0.1, 0.15) is 16.7 Å². The molecule has 1 aliphatic heterocycles. The summed E-state index contributed by atoms with van der Waals surface area (Å²) in [6, 6.07) is 18.1. The summed E-state index contributed by atoms with van der Waals surface area (Å²) in [5.41, 5.74) is 4.68. The summed E-state index contributed by atoms with van der Waals surface area (Å²) in [5, 5.41) is 10.8. The molecule has 0 radical (unpaired) electrons. The molecule has 6 heteroatoms. The van der Waals surface area contributed by atoms with Crippen LogP contribution in [0, 0.1) is 0 Å². The van der Waals surface area contributed by atoms with Gasteiger partial charge in [-0.05, 0) is 41.7 Å². The van der Waals surface area contributed by atoms with Gasteiger partial charge in [-0.3, -0.25) is 4.79 Å². The van der Waals surface area contributed by atoms with Crippen molar-refractivity contribution in [3.8, 4) is 5.69 Å². The van der Waals surface area contributed by atoms with Crippen molar-refractivity contribution in [2.75, 3.05) is 6.54 Å². The number of nitrogens with one attached hydrogen (secondary N) is 2. The maximum Gasteiger partial charge on any atom is 0.237 e. The van der Waals surface area contributed by atoms with Crippen molar-refractivity contribution < 1.29 is 4.79 Å². The lowest BCUT2D eigenvalue weighted by Crippen LogP contribution is -2.48. The Morgan fingerprint density at radius 3 is 2.67 bits per heavy atom. The lowest BCUT2D eigenvalue weighted by atomic mass is 9.95. The van der Waals surface area contributed by atoms with E-state index in [1.54, 1.807) is 0 Å². The Morgan fingerprint density at radius 2 is 1.85 bits per heavy atom. The number of aromatic nitrogens is 2. The smallest absolute Gasteiger partial charge is 0.237 e. The Labute approximate surface area is 165 Å². The van der Waals surface area contributed by atoms with E-state index in [4.69, 9.17) is 0 Å². The van der Waals surface area contributed by atoms with E-state index in [9.17, 15) is 4.79 Å². The maximum absolute atomic E-state index is 12.4. The first-order valence-corrected chi connectivity index (χ1v) is 8.96. The van der Waals surface area contributed by atoms with Crippen LogP contribution in [-0.4, -0.2) is 28.3 Å². The molecule has 0 saturated heterocycles. The number of hydrogen-bond acceptors (Lipinski definition) is 3. The van der Waals surface area contributed by atoms with Gasteiger partial charge < -0.3 is 10.6 Å². The predicted molar refractivity (Wildman–Crippen MR) is 108 cm³/mol. The molecule has 0 fully saturated rings. The highest BCUT2D eigenvalue weighted by atomic mass is 35.5. The molecule has 1 aliphatic rings. The molecule has 3 aromatic rings. The molecule has 2 N–H and O–H groups in total. The van der Waals surface area contributed by atoms with Gasteiger partial charge in [-0.2, -0.15) is 5.10 Å². The summed E-state index contributed by atoms with van der Waals surface area (Å²) < 4.78 is 1.86. The lowest BCUT2D eigenvalue weighted by Gasteiger charge is -2.25. The average Bonchev–Trinajstić information content (AvgIpc) is 3.17. The second-order valence-corrected chi connectivity index (χ2v) is 6.58. The van der Waals surface area contributed by atoms with Crippen molar-refractivity contribution in [3.05, 3.63) is 83.7 Å². The van der Waals surface area contributed by atoms with Gasteiger partial charge in [-0.1, -0.05) is 42.5 Å². The summed E-state index contributed by atoms with van der Waals surface area (Å²) in [6.45, 7) is 1.36. The van der Waals surface area contributed by atoms with Crippen molar-refractivity contribution in [1.82, 2.24) is 20.4 Å². The molecule has 0 unspecified atom stereocenters. The first-order chi connectivity index (χ1) is 12.8. The molecule has 2 aromatic carbocycles. The normalized spacial score (nSPS) is 15.5. The van der Waals surface area contributed by atoms with Crippen molar-refractivity contribution >= 4 is 18.3 Å². The Bertz CT molecular complexity index is 894. The zero-order valence-corrected chi connectivity index (χ0v) is 15.8. The molecular formula is C21H23ClN4O. The quantitative estimate of drug-likeness (QED) is 0.713. The minimum atomic E-state index is -0.156. The van der Waals surface area contributed by atoms with Crippen LogP contribution in [0.2, 0.25) is 0 Å². The fraction of sp³-hybridized carbons (Fsp3) is 0.238. The van der Waals surface area contributed by atoms with E-state index >= 15 is 0 Å². The number of hydrogen-bond donors (Lipinski definition) is 2. The zero-order valence-electron chi connectivity index (χ0n) is 15.0. The number of para-hydroxylation sites is 1. The number of halogens is 1. The van der Waals surface area contributed by atoms with E-state index in [1.807, 2.05) is 59.5 Å². The first-order valence-electron chi connectivity index (χ1n) is 8.96. The zero-order chi connectivity index (χ0) is 17.8. The van der Waals surface area contributed by atoms with Crippen molar-refractivity contribution in [1.29, 1.82) is 0 Å². The minimum Gasteiger partial charge on any atom is -0.354 e. The maximum atomic E-state index is 12.4. The van der Waals surface area contributed by atoms with Crippen LogP contribution >= 0.6 is 12.4 Å². The highest BCUT2D eigenvalue weighted by Crippen LogP contribution is 2.16. The van der Waals surface area contributed by atoms with Crippen LogP contribution < -0.4 is 10.6 Å². The van der Waals surface area contributed by atoms with Crippen molar-refractivity contribution in [2.24, 2.45) is 0 Å². The summed E-state index contributed by atoms with van der Waals surface area (Å²) in [6.07, 6.45) is 5.38. The third-order valence-electron chi connectivity index (χ3n) is 4.77. The summed E-state index contributed by atoms with van der Waals surface area (Å²) in [7, 11) is 0. The molecule has 0 bridgehead atoms. The fourth-order valence-electron chi connectivity index (χ4n) is 3.30. The number of rotatable bonds is 5. The fourth-order valence-corrected chi connectivity index (χ4v) is 3.30. The second-order valence-electron chi connectivity index (χ2n) is 6.58. The van der Waals surface area contributed by atoms with Gasteiger partial charge in [-0.25, -0.2) is 4.68 Å². The Hall–Kier alpha value is -2.63. The molecule has 140 valence electrons. The van der Waals surface area contributed by atoms with Gasteiger partial charge in [0.15, 0.2) is 0 Å². The molecule has 5 nitrogen and oxygen atoms in total. The third-order valence-corrected chi connectivity index (χ3v) is 4.77. The first kappa shape index (κ1) is 19.1. The number of carbonyl (C=O) groups is 1. The Balaban J connectivity index is 0.00000210. The Kier molecular flexibility index (Phi) is 6.27. The van der Waals surface area contributed by atoms with E-state index in [-0.39, 0.29) is 24.4 Å². The minimum absolute atomic E-state index is 0. The molecule has 1 aromatic heterocycles. The van der Waals surface area contributed by atoms with E-state index < -0.39 is 0 Å². The van der Waals surface area contributed by atoms with Gasteiger partial charge in [0.1, 0.15) is 0 Å². The highest BCUT2D eigenvalue weighted by molar-refractivity contribution is 5.85. The Morgan fingerprint density at radius 1 is 1.11 bits per heavy atom. The van der Waals surface area contributed by atoms with Gasteiger partial charge in [0, 0.05) is 19.3 Å². The van der Waals surface area contributed by atoms with E-state index in [0.717, 1.165) is 30.6 Å². The number of carbonyl (C=O) groups excluding carboxylic acids is 1. The van der Waals surface area contributed by atoms with Gasteiger partial charge in [0.25, 0.3) is 0 Å². The number of nitrogens with zero attached hydrogens (tertiary/aromatic N) is 2. The van der Waals surface area contributed by atoms with Crippen LogP contribution in [0.4, 0.5) is 0 Å². The number of benzene rings is 2. The van der Waals surface area contributed by atoms with Crippen molar-refractivity contribution in [2.45, 2.75) is 25.4 Å². The average molecular weight is 383 g/mol. The molecule has 1 atom stereocenters. The van der Waals surface area contributed by atoms with Crippen LogP contribution in [0.3, 0.4) is 0 Å². The summed E-state index contributed by atoms with van der Waals surface area (Å²) in [5.74, 6) is 0.0648.